The zero-order valence-electron chi connectivity index (χ0n) is 11.0. The van der Waals surface area contributed by atoms with Crippen molar-refractivity contribution in [1.82, 2.24) is 4.72 Å². The monoisotopic (exact) mass is 284 g/mol. The van der Waals surface area contributed by atoms with E-state index in [-0.39, 0.29) is 4.90 Å². The molecule has 19 heavy (non-hydrogen) atoms. The molecule has 2 rings (SSSR count). The molecule has 0 amide bonds. The van der Waals surface area contributed by atoms with E-state index >= 15 is 0 Å². The topological polar surface area (TPSA) is 92.4 Å². The molecule has 2 atom stereocenters. The van der Waals surface area contributed by atoms with E-state index in [1.807, 2.05) is 0 Å². The average molecular weight is 284 g/mol. The van der Waals surface area contributed by atoms with Crippen LogP contribution < -0.4 is 10.5 Å². The Morgan fingerprint density at radius 1 is 1.32 bits per heavy atom. The first-order valence-corrected chi connectivity index (χ1v) is 7.95. The molecule has 4 N–H and O–H groups in total. The second-order valence-corrected chi connectivity index (χ2v) is 6.79. The van der Waals surface area contributed by atoms with Crippen LogP contribution in [0.4, 0.5) is 5.69 Å². The summed E-state index contributed by atoms with van der Waals surface area (Å²) in [5, 5.41) is 9.85. The second-order valence-electron chi connectivity index (χ2n) is 5.10. The van der Waals surface area contributed by atoms with Crippen LogP contribution in [0.25, 0.3) is 0 Å². The Bertz CT molecular complexity index is 557. The van der Waals surface area contributed by atoms with Gasteiger partial charge < -0.3 is 10.8 Å². The van der Waals surface area contributed by atoms with Crippen molar-refractivity contribution in [2.75, 3.05) is 5.73 Å². The summed E-state index contributed by atoms with van der Waals surface area (Å²) >= 11 is 0. The lowest BCUT2D eigenvalue weighted by Gasteiger charge is -2.28. The lowest BCUT2D eigenvalue weighted by atomic mass is 9.93. The van der Waals surface area contributed by atoms with Crippen LogP contribution in [0.2, 0.25) is 0 Å². The molecule has 1 aromatic carbocycles. The lowest BCUT2D eigenvalue weighted by Crippen LogP contribution is -2.45. The van der Waals surface area contributed by atoms with Gasteiger partial charge in [-0.2, -0.15) is 0 Å². The van der Waals surface area contributed by atoms with Crippen LogP contribution in [0.1, 0.15) is 31.2 Å². The molecule has 0 aliphatic heterocycles. The van der Waals surface area contributed by atoms with E-state index in [1.165, 1.54) is 6.07 Å². The third kappa shape index (κ3) is 3.26. The maximum Gasteiger partial charge on any atom is 0.241 e. The van der Waals surface area contributed by atoms with Gasteiger partial charge in [-0.3, -0.25) is 0 Å². The number of aliphatic hydroxyl groups is 1. The summed E-state index contributed by atoms with van der Waals surface area (Å²) in [6.45, 7) is 1.71. The Morgan fingerprint density at radius 2 is 2.00 bits per heavy atom. The van der Waals surface area contributed by atoms with Gasteiger partial charge in [0.2, 0.25) is 10.0 Å². The summed E-state index contributed by atoms with van der Waals surface area (Å²) in [7, 11) is -3.61. The van der Waals surface area contributed by atoms with Crippen LogP contribution in [0, 0.1) is 6.92 Å². The Morgan fingerprint density at radius 3 is 2.63 bits per heavy atom. The highest BCUT2D eigenvalue weighted by Gasteiger charge is 2.28. The number of nitrogens with one attached hydrogen (secondary N) is 1. The Labute approximate surface area is 113 Å². The molecule has 0 saturated heterocycles. The molecule has 1 aliphatic rings. The van der Waals surface area contributed by atoms with E-state index in [4.69, 9.17) is 5.73 Å². The highest BCUT2D eigenvalue weighted by atomic mass is 32.2. The number of anilines is 1. The van der Waals surface area contributed by atoms with Crippen LogP contribution >= 0.6 is 0 Å². The van der Waals surface area contributed by atoms with E-state index in [0.717, 1.165) is 12.8 Å². The molecule has 0 heterocycles. The maximum atomic E-state index is 12.3. The molecular formula is C13H20N2O3S. The normalized spacial score (nSPS) is 24.3. The van der Waals surface area contributed by atoms with Crippen molar-refractivity contribution in [1.29, 1.82) is 0 Å². The summed E-state index contributed by atoms with van der Waals surface area (Å²) in [6.07, 6.45) is 2.60. The van der Waals surface area contributed by atoms with Gasteiger partial charge in [0.25, 0.3) is 0 Å². The van der Waals surface area contributed by atoms with Crippen LogP contribution in [0.15, 0.2) is 23.1 Å². The molecule has 0 radical (unpaired) electrons. The summed E-state index contributed by atoms with van der Waals surface area (Å²) in [6, 6.07) is 4.31. The van der Waals surface area contributed by atoms with E-state index in [2.05, 4.69) is 4.72 Å². The standard InChI is InChI=1S/C13H20N2O3S/c1-9-8-10(14)6-7-13(9)19(17,18)15-11-4-2-3-5-12(11)16/h6-8,11-12,15-16H,2-5,14H2,1H3/t11-,12-/m0/s1. The van der Waals surface area contributed by atoms with Crippen molar-refractivity contribution in [3.63, 3.8) is 0 Å². The van der Waals surface area contributed by atoms with Gasteiger partial charge in [0.15, 0.2) is 0 Å². The van der Waals surface area contributed by atoms with Crippen molar-refractivity contribution >= 4 is 15.7 Å². The van der Waals surface area contributed by atoms with Crippen LogP contribution in [-0.4, -0.2) is 25.7 Å². The third-order valence-electron chi connectivity index (χ3n) is 3.52. The smallest absolute Gasteiger partial charge is 0.241 e. The number of benzene rings is 1. The maximum absolute atomic E-state index is 12.3. The zero-order chi connectivity index (χ0) is 14.0. The van der Waals surface area contributed by atoms with Crippen LogP contribution in [0.3, 0.4) is 0 Å². The van der Waals surface area contributed by atoms with Gasteiger partial charge in [-0.05, 0) is 43.5 Å². The van der Waals surface area contributed by atoms with E-state index in [1.54, 1.807) is 19.1 Å². The largest absolute Gasteiger partial charge is 0.399 e. The third-order valence-corrected chi connectivity index (χ3v) is 5.17. The fourth-order valence-corrected chi connectivity index (χ4v) is 4.02. The minimum Gasteiger partial charge on any atom is -0.399 e. The fraction of sp³-hybridized carbons (Fsp3) is 0.538. The minimum atomic E-state index is -3.61. The first-order valence-electron chi connectivity index (χ1n) is 6.46. The minimum absolute atomic E-state index is 0.222. The summed E-state index contributed by atoms with van der Waals surface area (Å²) < 4.78 is 27.2. The molecule has 0 unspecified atom stereocenters. The molecule has 1 saturated carbocycles. The number of hydrogen-bond donors (Lipinski definition) is 3. The van der Waals surface area contributed by atoms with Crippen LogP contribution in [-0.2, 0) is 10.0 Å². The Hall–Kier alpha value is -1.11. The fourth-order valence-electron chi connectivity index (χ4n) is 2.49. The van der Waals surface area contributed by atoms with Gasteiger partial charge in [0.1, 0.15) is 0 Å². The first kappa shape index (κ1) is 14.3. The van der Waals surface area contributed by atoms with Crippen LogP contribution in [0.5, 0.6) is 0 Å². The first-order chi connectivity index (χ1) is 8.90. The van der Waals surface area contributed by atoms with Crippen molar-refractivity contribution in [3.05, 3.63) is 23.8 Å². The number of aliphatic hydroxyl groups excluding tert-OH is 1. The molecule has 1 aliphatic carbocycles. The van der Waals surface area contributed by atoms with Gasteiger partial charge in [0.05, 0.1) is 11.0 Å². The van der Waals surface area contributed by atoms with Gasteiger partial charge >= 0.3 is 0 Å². The molecule has 1 fully saturated rings. The van der Waals surface area contributed by atoms with Gasteiger partial charge in [0, 0.05) is 11.7 Å². The molecule has 106 valence electrons. The molecule has 5 nitrogen and oxygen atoms in total. The molecular weight excluding hydrogens is 264 g/mol. The zero-order valence-corrected chi connectivity index (χ0v) is 11.8. The molecule has 0 spiro atoms. The molecule has 1 aromatic rings. The van der Waals surface area contributed by atoms with E-state index in [9.17, 15) is 13.5 Å². The van der Waals surface area contributed by atoms with Gasteiger partial charge in [-0.15, -0.1) is 0 Å². The highest BCUT2D eigenvalue weighted by molar-refractivity contribution is 7.89. The molecule has 0 aromatic heterocycles. The number of sulfonamides is 1. The summed E-state index contributed by atoms with van der Waals surface area (Å²) in [4.78, 5) is 0.222. The highest BCUT2D eigenvalue weighted by Crippen LogP contribution is 2.22. The van der Waals surface area contributed by atoms with Crippen molar-refractivity contribution in [2.24, 2.45) is 0 Å². The number of nitrogen functional groups attached to an aromatic ring is 1. The predicted molar refractivity (Wildman–Crippen MR) is 74.2 cm³/mol. The quantitative estimate of drug-likeness (QED) is 0.726. The van der Waals surface area contributed by atoms with E-state index in [0.29, 0.717) is 24.1 Å². The Balaban J connectivity index is 2.22. The molecule has 6 heteroatoms. The van der Waals surface area contributed by atoms with Crippen molar-refractivity contribution < 1.29 is 13.5 Å². The number of nitrogens with two attached hydrogens (primary N) is 1. The number of rotatable bonds is 3. The van der Waals surface area contributed by atoms with E-state index < -0.39 is 22.2 Å². The lowest BCUT2D eigenvalue weighted by molar-refractivity contribution is 0.101. The van der Waals surface area contributed by atoms with Crippen molar-refractivity contribution in [2.45, 2.75) is 49.6 Å². The average Bonchev–Trinajstić information content (AvgIpc) is 2.31. The van der Waals surface area contributed by atoms with Gasteiger partial charge in [-0.1, -0.05) is 12.8 Å². The Kier molecular flexibility index (Phi) is 4.13. The number of hydrogen-bond acceptors (Lipinski definition) is 4. The SMILES string of the molecule is Cc1cc(N)ccc1S(=O)(=O)N[C@H]1CCCC[C@@H]1O. The molecule has 0 bridgehead atoms. The number of aryl methyl sites for hydroxylation is 1. The second kappa shape index (κ2) is 5.48. The summed E-state index contributed by atoms with van der Waals surface area (Å²) in [5.74, 6) is 0. The summed E-state index contributed by atoms with van der Waals surface area (Å²) in [5.41, 5.74) is 6.77. The predicted octanol–water partition coefficient (Wildman–Crippen LogP) is 1.16. The van der Waals surface area contributed by atoms with Gasteiger partial charge in [-0.25, -0.2) is 13.1 Å². The van der Waals surface area contributed by atoms with Crippen molar-refractivity contribution in [3.8, 4) is 0 Å².